The Morgan fingerprint density at radius 2 is 1.71 bits per heavy atom. The summed E-state index contributed by atoms with van der Waals surface area (Å²) in [6.07, 6.45) is -6.98. The zero-order valence-corrected chi connectivity index (χ0v) is 7.89. The fourth-order valence-electron chi connectivity index (χ4n) is 1.12. The number of hydrogen-bond donors (Lipinski definition) is 1. The molecule has 1 rings (SSSR count). The minimum atomic E-state index is -4.60. The lowest BCUT2D eigenvalue weighted by Crippen LogP contribution is -2.20. The Balaban J connectivity index is 3.03. The number of aliphatic hydroxyl groups excluding tert-OH is 1. The van der Waals surface area contributed by atoms with Crippen molar-refractivity contribution < 1.29 is 18.3 Å². The Hall–Kier alpha value is -1.03. The summed E-state index contributed by atoms with van der Waals surface area (Å²) in [6.45, 7) is 3.51. The molecule has 0 aliphatic rings. The van der Waals surface area contributed by atoms with Crippen molar-refractivity contribution in [2.24, 2.45) is 0 Å². The van der Waals surface area contributed by atoms with Crippen LogP contribution in [0, 0.1) is 13.8 Å². The lowest BCUT2D eigenvalue weighted by molar-refractivity contribution is -0.206. The quantitative estimate of drug-likeness (QED) is 0.745. The van der Waals surface area contributed by atoms with Gasteiger partial charge < -0.3 is 5.11 Å². The van der Waals surface area contributed by atoms with Crippen LogP contribution in [0.25, 0.3) is 0 Å². The fourth-order valence-corrected chi connectivity index (χ4v) is 1.12. The first kappa shape index (κ1) is 11.0. The van der Waals surface area contributed by atoms with Crippen molar-refractivity contribution in [1.29, 1.82) is 0 Å². The van der Waals surface area contributed by atoms with Gasteiger partial charge in [-0.25, -0.2) is 0 Å². The zero-order chi connectivity index (χ0) is 10.9. The predicted molar refractivity (Wildman–Crippen MR) is 46.9 cm³/mol. The molecule has 1 nitrogen and oxygen atoms in total. The van der Waals surface area contributed by atoms with Gasteiger partial charge in [-0.1, -0.05) is 18.2 Å². The first-order valence-electron chi connectivity index (χ1n) is 4.14. The van der Waals surface area contributed by atoms with Crippen molar-refractivity contribution in [3.05, 3.63) is 34.9 Å². The van der Waals surface area contributed by atoms with Crippen LogP contribution in [0.3, 0.4) is 0 Å². The highest BCUT2D eigenvalue weighted by Gasteiger charge is 2.39. The van der Waals surface area contributed by atoms with Crippen LogP contribution in [0.15, 0.2) is 18.2 Å². The number of aryl methyl sites for hydroxylation is 2. The van der Waals surface area contributed by atoms with Crippen molar-refractivity contribution in [2.75, 3.05) is 0 Å². The topological polar surface area (TPSA) is 20.2 Å². The van der Waals surface area contributed by atoms with Gasteiger partial charge in [0.25, 0.3) is 0 Å². The van der Waals surface area contributed by atoms with E-state index in [-0.39, 0.29) is 5.56 Å². The van der Waals surface area contributed by atoms with E-state index >= 15 is 0 Å². The molecule has 0 radical (unpaired) electrons. The molecule has 1 aromatic carbocycles. The summed E-state index contributed by atoms with van der Waals surface area (Å²) < 4.78 is 36.4. The Bertz CT molecular complexity index is 331. The van der Waals surface area contributed by atoms with E-state index in [4.69, 9.17) is 5.11 Å². The number of hydrogen-bond acceptors (Lipinski definition) is 1. The van der Waals surface area contributed by atoms with Gasteiger partial charge in [0.05, 0.1) is 0 Å². The highest BCUT2D eigenvalue weighted by molar-refractivity contribution is 5.31. The van der Waals surface area contributed by atoms with Crippen molar-refractivity contribution in [3.8, 4) is 0 Å². The molecule has 1 atom stereocenters. The Kier molecular flexibility index (Phi) is 2.85. The average Bonchev–Trinajstić information content (AvgIpc) is 2.07. The molecule has 0 spiro atoms. The molecule has 14 heavy (non-hydrogen) atoms. The molecule has 0 unspecified atom stereocenters. The summed E-state index contributed by atoms with van der Waals surface area (Å²) >= 11 is 0. The third-order valence-electron chi connectivity index (χ3n) is 2.16. The molecule has 0 aliphatic heterocycles. The van der Waals surface area contributed by atoms with Crippen LogP contribution in [0.2, 0.25) is 0 Å². The average molecular weight is 204 g/mol. The molecule has 0 saturated carbocycles. The minimum absolute atomic E-state index is 0.111. The van der Waals surface area contributed by atoms with Gasteiger partial charge >= 0.3 is 6.18 Å². The van der Waals surface area contributed by atoms with Gasteiger partial charge in [-0.05, 0) is 30.5 Å². The molecule has 4 heteroatoms. The maximum Gasteiger partial charge on any atom is 0.418 e. The zero-order valence-electron chi connectivity index (χ0n) is 7.89. The predicted octanol–water partition coefficient (Wildman–Crippen LogP) is 2.90. The van der Waals surface area contributed by atoms with E-state index < -0.39 is 12.3 Å². The van der Waals surface area contributed by atoms with Crippen LogP contribution in [-0.2, 0) is 0 Å². The Labute approximate surface area is 80.2 Å². The van der Waals surface area contributed by atoms with Gasteiger partial charge in [-0.15, -0.1) is 0 Å². The van der Waals surface area contributed by atoms with Crippen molar-refractivity contribution in [2.45, 2.75) is 26.1 Å². The monoisotopic (exact) mass is 204 g/mol. The summed E-state index contributed by atoms with van der Waals surface area (Å²) in [5, 5.41) is 8.95. The van der Waals surface area contributed by atoms with Crippen LogP contribution in [-0.4, -0.2) is 11.3 Å². The summed E-state index contributed by atoms with van der Waals surface area (Å²) in [5.74, 6) is 0. The maximum absolute atomic E-state index is 12.1. The molecular formula is C10H11F3O. The lowest BCUT2D eigenvalue weighted by atomic mass is 10.0. The van der Waals surface area contributed by atoms with E-state index in [1.54, 1.807) is 19.9 Å². The summed E-state index contributed by atoms with van der Waals surface area (Å²) in [4.78, 5) is 0. The number of rotatable bonds is 1. The van der Waals surface area contributed by atoms with Crippen LogP contribution in [0.1, 0.15) is 22.8 Å². The largest absolute Gasteiger partial charge is 0.418 e. The second kappa shape index (κ2) is 3.61. The van der Waals surface area contributed by atoms with Gasteiger partial charge in [0.2, 0.25) is 0 Å². The van der Waals surface area contributed by atoms with E-state index in [1.807, 2.05) is 0 Å². The number of aliphatic hydroxyl groups is 1. The van der Waals surface area contributed by atoms with Crippen LogP contribution in [0.5, 0.6) is 0 Å². The van der Waals surface area contributed by atoms with E-state index in [0.717, 1.165) is 11.1 Å². The van der Waals surface area contributed by atoms with E-state index in [0.29, 0.717) is 0 Å². The normalized spacial score (nSPS) is 14.1. The molecule has 0 aromatic heterocycles. The minimum Gasteiger partial charge on any atom is -0.379 e. The third-order valence-corrected chi connectivity index (χ3v) is 2.16. The van der Waals surface area contributed by atoms with Crippen molar-refractivity contribution in [3.63, 3.8) is 0 Å². The summed E-state index contributed by atoms with van der Waals surface area (Å²) in [7, 11) is 0. The summed E-state index contributed by atoms with van der Waals surface area (Å²) in [6, 6.07) is 4.22. The highest BCUT2D eigenvalue weighted by atomic mass is 19.4. The molecule has 78 valence electrons. The highest BCUT2D eigenvalue weighted by Crippen LogP contribution is 2.32. The summed E-state index contributed by atoms with van der Waals surface area (Å²) in [5.41, 5.74) is 1.54. The van der Waals surface area contributed by atoms with Crippen LogP contribution >= 0.6 is 0 Å². The first-order chi connectivity index (χ1) is 6.32. The third kappa shape index (κ3) is 2.26. The molecule has 0 amide bonds. The van der Waals surface area contributed by atoms with Gasteiger partial charge in [0, 0.05) is 0 Å². The molecular weight excluding hydrogens is 193 g/mol. The molecule has 1 aromatic rings. The fraction of sp³-hybridized carbons (Fsp3) is 0.400. The standard InChI is InChI=1S/C10H11F3O/c1-6-3-4-8(5-7(6)2)9(14)10(11,12)13/h3-5,9,14H,1-2H3/t9-/m0/s1. The first-order valence-corrected chi connectivity index (χ1v) is 4.14. The SMILES string of the molecule is Cc1ccc([C@H](O)C(F)(F)F)cc1C. The van der Waals surface area contributed by atoms with Crippen LogP contribution in [0.4, 0.5) is 13.2 Å². The van der Waals surface area contributed by atoms with Gasteiger partial charge in [-0.2, -0.15) is 13.2 Å². The molecule has 0 aliphatic carbocycles. The smallest absolute Gasteiger partial charge is 0.379 e. The second-order valence-electron chi connectivity index (χ2n) is 3.29. The lowest BCUT2D eigenvalue weighted by Gasteiger charge is -2.15. The van der Waals surface area contributed by atoms with Gasteiger partial charge in [0.15, 0.2) is 6.10 Å². The molecule has 0 fully saturated rings. The number of halogens is 3. The number of alkyl halides is 3. The number of benzene rings is 1. The van der Waals surface area contributed by atoms with Gasteiger partial charge in [0.1, 0.15) is 0 Å². The second-order valence-corrected chi connectivity index (χ2v) is 3.29. The van der Waals surface area contributed by atoms with Crippen molar-refractivity contribution >= 4 is 0 Å². The molecule has 0 heterocycles. The van der Waals surface area contributed by atoms with Crippen molar-refractivity contribution in [1.82, 2.24) is 0 Å². The molecule has 0 bridgehead atoms. The van der Waals surface area contributed by atoms with Gasteiger partial charge in [-0.3, -0.25) is 0 Å². The Morgan fingerprint density at radius 3 is 2.14 bits per heavy atom. The molecule has 1 N–H and O–H groups in total. The van der Waals surface area contributed by atoms with Crippen LogP contribution < -0.4 is 0 Å². The molecule has 0 saturated heterocycles. The van der Waals surface area contributed by atoms with E-state index in [1.165, 1.54) is 12.1 Å². The maximum atomic E-state index is 12.1. The van der Waals surface area contributed by atoms with E-state index in [9.17, 15) is 13.2 Å². The Morgan fingerprint density at radius 1 is 1.14 bits per heavy atom. The van der Waals surface area contributed by atoms with E-state index in [2.05, 4.69) is 0 Å².